The molecule has 2 aromatic heterocycles. The van der Waals surface area contributed by atoms with Crippen molar-refractivity contribution in [2.75, 3.05) is 5.32 Å². The molecule has 0 radical (unpaired) electrons. The van der Waals surface area contributed by atoms with E-state index in [9.17, 15) is 4.79 Å². The van der Waals surface area contributed by atoms with Gasteiger partial charge in [0.25, 0.3) is 5.91 Å². The number of anilines is 1. The van der Waals surface area contributed by atoms with Crippen molar-refractivity contribution in [3.63, 3.8) is 0 Å². The zero-order chi connectivity index (χ0) is 11.4. The van der Waals surface area contributed by atoms with Crippen LogP contribution in [0.2, 0.25) is 5.02 Å². The minimum absolute atomic E-state index is 0.247. The van der Waals surface area contributed by atoms with Crippen LogP contribution in [-0.2, 0) is 0 Å². The van der Waals surface area contributed by atoms with Gasteiger partial charge in [0.05, 0.1) is 18.1 Å². The minimum Gasteiger partial charge on any atom is -0.318 e. The molecule has 1 N–H and O–H groups in total. The molecule has 0 aromatic carbocycles. The molecule has 2 heterocycles. The summed E-state index contributed by atoms with van der Waals surface area (Å²) in [4.78, 5) is 23.1. The van der Waals surface area contributed by atoms with Crippen molar-refractivity contribution >= 4 is 23.2 Å². The van der Waals surface area contributed by atoms with E-state index in [0.717, 1.165) is 0 Å². The van der Waals surface area contributed by atoms with E-state index < -0.39 is 0 Å². The van der Waals surface area contributed by atoms with Crippen LogP contribution >= 0.6 is 11.6 Å². The van der Waals surface area contributed by atoms with Crippen molar-refractivity contribution < 1.29 is 4.79 Å². The smallest absolute Gasteiger partial charge is 0.274 e. The van der Waals surface area contributed by atoms with Crippen molar-refractivity contribution in [2.24, 2.45) is 0 Å². The van der Waals surface area contributed by atoms with E-state index in [1.807, 2.05) is 0 Å². The van der Waals surface area contributed by atoms with Gasteiger partial charge in [0.2, 0.25) is 0 Å². The topological polar surface area (TPSA) is 67.8 Å². The Hall–Kier alpha value is -2.01. The molecule has 0 fully saturated rings. The van der Waals surface area contributed by atoms with Crippen LogP contribution in [0, 0.1) is 0 Å². The number of nitrogens with zero attached hydrogens (tertiary/aromatic N) is 3. The lowest BCUT2D eigenvalue weighted by Gasteiger charge is -2.03. The van der Waals surface area contributed by atoms with Gasteiger partial charge in [-0.2, -0.15) is 0 Å². The van der Waals surface area contributed by atoms with Crippen molar-refractivity contribution in [3.8, 4) is 0 Å². The summed E-state index contributed by atoms with van der Waals surface area (Å²) in [7, 11) is 0. The van der Waals surface area contributed by atoms with Gasteiger partial charge in [0.15, 0.2) is 0 Å². The van der Waals surface area contributed by atoms with Crippen LogP contribution in [-0.4, -0.2) is 20.9 Å². The molecule has 6 heteroatoms. The fraction of sp³-hybridized carbons (Fsp3) is 0. The van der Waals surface area contributed by atoms with Crippen molar-refractivity contribution in [1.29, 1.82) is 0 Å². The molecule has 0 aliphatic heterocycles. The molecule has 2 aromatic rings. The zero-order valence-corrected chi connectivity index (χ0v) is 8.85. The molecule has 0 saturated carbocycles. The van der Waals surface area contributed by atoms with Gasteiger partial charge in [-0.1, -0.05) is 11.6 Å². The number of hydrogen-bond donors (Lipinski definition) is 1. The van der Waals surface area contributed by atoms with Gasteiger partial charge in [-0.25, -0.2) is 9.97 Å². The highest BCUT2D eigenvalue weighted by Crippen LogP contribution is 2.09. The third-order valence-electron chi connectivity index (χ3n) is 1.77. The van der Waals surface area contributed by atoms with Gasteiger partial charge in [-0.3, -0.25) is 9.78 Å². The highest BCUT2D eigenvalue weighted by Gasteiger charge is 2.07. The van der Waals surface area contributed by atoms with Crippen LogP contribution in [0.5, 0.6) is 0 Å². The van der Waals surface area contributed by atoms with Gasteiger partial charge < -0.3 is 5.32 Å². The van der Waals surface area contributed by atoms with Gasteiger partial charge in [-0.05, 0) is 12.1 Å². The molecule has 1 amide bonds. The molecule has 0 saturated heterocycles. The van der Waals surface area contributed by atoms with E-state index >= 15 is 0 Å². The van der Waals surface area contributed by atoms with Gasteiger partial charge in [0, 0.05) is 11.2 Å². The molecule has 0 unspecified atom stereocenters. The summed E-state index contributed by atoms with van der Waals surface area (Å²) in [6, 6.07) is 3.09. The first kappa shape index (κ1) is 10.5. The molecule has 16 heavy (non-hydrogen) atoms. The highest BCUT2D eigenvalue weighted by atomic mass is 35.5. The summed E-state index contributed by atoms with van der Waals surface area (Å²) in [6.45, 7) is 0. The quantitative estimate of drug-likeness (QED) is 0.860. The number of carbonyl (C=O) groups is 1. The molecule has 0 aliphatic carbocycles. The molecule has 0 spiro atoms. The van der Waals surface area contributed by atoms with E-state index in [1.54, 1.807) is 6.07 Å². The van der Waals surface area contributed by atoms with Gasteiger partial charge >= 0.3 is 0 Å². The summed E-state index contributed by atoms with van der Waals surface area (Å²) in [5.41, 5.74) is 0.755. The molecular weight excluding hydrogens is 228 g/mol. The monoisotopic (exact) mass is 234 g/mol. The largest absolute Gasteiger partial charge is 0.318 e. The fourth-order valence-corrected chi connectivity index (χ4v) is 1.25. The maximum atomic E-state index is 11.7. The summed E-state index contributed by atoms with van der Waals surface area (Å²) < 4.78 is 0. The summed E-state index contributed by atoms with van der Waals surface area (Å²) in [5, 5.41) is 3.06. The maximum absolute atomic E-state index is 11.7. The molecular formula is C10H7ClN4O. The summed E-state index contributed by atoms with van der Waals surface area (Å²) in [6.07, 6.45) is 5.84. The van der Waals surface area contributed by atoms with Crippen LogP contribution in [0.25, 0.3) is 0 Å². The Morgan fingerprint density at radius 2 is 2.06 bits per heavy atom. The van der Waals surface area contributed by atoms with Crippen molar-refractivity contribution in [3.05, 3.63) is 47.8 Å². The average molecular weight is 235 g/mol. The Labute approximate surface area is 96.5 Å². The Bertz CT molecular complexity index is 503. The Morgan fingerprint density at radius 3 is 2.75 bits per heavy atom. The highest BCUT2D eigenvalue weighted by molar-refractivity contribution is 6.30. The first-order chi connectivity index (χ1) is 7.75. The second-order valence-electron chi connectivity index (χ2n) is 2.94. The predicted molar refractivity (Wildman–Crippen MR) is 59.2 cm³/mol. The molecule has 80 valence electrons. The first-order valence-electron chi connectivity index (χ1n) is 4.43. The number of aromatic nitrogens is 3. The molecule has 0 aliphatic rings. The SMILES string of the molecule is O=C(Nc1cncnc1)c1cc(Cl)ccn1. The Kier molecular flexibility index (Phi) is 3.07. The van der Waals surface area contributed by atoms with Crippen LogP contribution < -0.4 is 5.32 Å². The second kappa shape index (κ2) is 4.67. The third kappa shape index (κ3) is 2.52. The minimum atomic E-state index is -0.350. The lowest BCUT2D eigenvalue weighted by molar-refractivity contribution is 0.102. The molecule has 5 nitrogen and oxygen atoms in total. The predicted octanol–water partition coefficient (Wildman–Crippen LogP) is 1.78. The number of nitrogens with one attached hydrogen (secondary N) is 1. The second-order valence-corrected chi connectivity index (χ2v) is 3.38. The van der Waals surface area contributed by atoms with Crippen molar-refractivity contribution in [1.82, 2.24) is 15.0 Å². The third-order valence-corrected chi connectivity index (χ3v) is 2.01. The van der Waals surface area contributed by atoms with Crippen LogP contribution in [0.15, 0.2) is 37.1 Å². The van der Waals surface area contributed by atoms with E-state index in [4.69, 9.17) is 11.6 Å². The van der Waals surface area contributed by atoms with Gasteiger partial charge in [-0.15, -0.1) is 0 Å². The maximum Gasteiger partial charge on any atom is 0.274 e. The zero-order valence-electron chi connectivity index (χ0n) is 8.09. The van der Waals surface area contributed by atoms with E-state index in [1.165, 1.54) is 31.0 Å². The van der Waals surface area contributed by atoms with Crippen molar-refractivity contribution in [2.45, 2.75) is 0 Å². The molecule has 0 bridgehead atoms. The van der Waals surface area contributed by atoms with Crippen LogP contribution in [0.3, 0.4) is 0 Å². The normalized spacial score (nSPS) is 9.81. The Morgan fingerprint density at radius 1 is 1.31 bits per heavy atom. The van der Waals surface area contributed by atoms with Gasteiger partial charge in [0.1, 0.15) is 12.0 Å². The number of amides is 1. The lowest BCUT2D eigenvalue weighted by atomic mass is 10.3. The molecule has 0 atom stereocenters. The number of pyridine rings is 1. The first-order valence-corrected chi connectivity index (χ1v) is 4.81. The lowest BCUT2D eigenvalue weighted by Crippen LogP contribution is -2.13. The van der Waals surface area contributed by atoms with Crippen LogP contribution in [0.1, 0.15) is 10.5 Å². The average Bonchev–Trinajstić information content (AvgIpc) is 2.30. The van der Waals surface area contributed by atoms with E-state index in [-0.39, 0.29) is 11.6 Å². The summed E-state index contributed by atoms with van der Waals surface area (Å²) in [5.74, 6) is -0.350. The fourth-order valence-electron chi connectivity index (χ4n) is 1.09. The van der Waals surface area contributed by atoms with E-state index in [2.05, 4.69) is 20.3 Å². The Balaban J connectivity index is 2.15. The number of hydrogen-bond acceptors (Lipinski definition) is 4. The number of rotatable bonds is 2. The molecule has 2 rings (SSSR count). The van der Waals surface area contributed by atoms with E-state index in [0.29, 0.717) is 10.7 Å². The number of halogens is 1. The summed E-state index contributed by atoms with van der Waals surface area (Å²) >= 11 is 5.75. The van der Waals surface area contributed by atoms with Crippen LogP contribution in [0.4, 0.5) is 5.69 Å². The number of carbonyl (C=O) groups excluding carboxylic acids is 1. The standard InChI is InChI=1S/C10H7ClN4O/c11-7-1-2-14-9(3-7)10(16)15-8-4-12-6-13-5-8/h1-6H,(H,15,16).